The van der Waals surface area contributed by atoms with Crippen LogP contribution in [0.1, 0.15) is 17.8 Å². The Morgan fingerprint density at radius 1 is 1.28 bits per heavy atom. The van der Waals surface area contributed by atoms with Crippen LogP contribution in [0.4, 0.5) is 0 Å². The number of nitrogens with zero attached hydrogens (tertiary/aromatic N) is 3. The largest absolute Gasteiger partial charge is 0.383 e. The molecule has 3 rings (SSSR count). The van der Waals surface area contributed by atoms with Crippen LogP contribution in [0.2, 0.25) is 0 Å². The smallest absolute Gasteiger partial charge is 0.151 e. The summed E-state index contributed by atoms with van der Waals surface area (Å²) < 4.78 is 31.1. The van der Waals surface area contributed by atoms with Crippen molar-refractivity contribution in [3.05, 3.63) is 54.1 Å². The lowest BCUT2D eigenvalue weighted by Crippen LogP contribution is -2.36. The lowest BCUT2D eigenvalue weighted by atomic mass is 10.1. The summed E-state index contributed by atoms with van der Waals surface area (Å²) >= 11 is 0. The van der Waals surface area contributed by atoms with E-state index in [2.05, 4.69) is 26.6 Å². The van der Waals surface area contributed by atoms with E-state index in [1.807, 2.05) is 24.4 Å². The number of benzene rings is 1. The fourth-order valence-electron chi connectivity index (χ4n) is 3.26. The Morgan fingerprint density at radius 2 is 2.08 bits per heavy atom. The molecule has 1 unspecified atom stereocenters. The molecule has 1 atom stereocenters. The van der Waals surface area contributed by atoms with E-state index >= 15 is 0 Å². The average molecular weight is 363 g/mol. The highest BCUT2D eigenvalue weighted by Gasteiger charge is 2.32. The molecule has 1 saturated heterocycles. The lowest BCUT2D eigenvalue weighted by molar-refractivity contribution is 0.173. The van der Waals surface area contributed by atoms with Crippen LogP contribution < -0.4 is 0 Å². The Kier molecular flexibility index (Phi) is 5.88. The minimum atomic E-state index is -2.92. The molecule has 6 nitrogen and oxygen atoms in total. The first-order valence-corrected chi connectivity index (χ1v) is 10.4. The van der Waals surface area contributed by atoms with Gasteiger partial charge in [0.25, 0.3) is 0 Å². The molecule has 0 bridgehead atoms. The molecule has 1 aliphatic heterocycles. The molecule has 136 valence electrons. The molecule has 0 spiro atoms. The van der Waals surface area contributed by atoms with E-state index in [4.69, 9.17) is 4.74 Å². The predicted octanol–water partition coefficient (Wildman–Crippen LogP) is 1.72. The molecule has 1 aliphatic rings. The molecular formula is C18H25N3O3S. The first-order valence-electron chi connectivity index (χ1n) is 8.55. The van der Waals surface area contributed by atoms with Crippen molar-refractivity contribution in [1.82, 2.24) is 14.5 Å². The van der Waals surface area contributed by atoms with Gasteiger partial charge in [0, 0.05) is 38.6 Å². The van der Waals surface area contributed by atoms with E-state index in [1.54, 1.807) is 13.3 Å². The second kappa shape index (κ2) is 8.12. The zero-order valence-corrected chi connectivity index (χ0v) is 15.4. The van der Waals surface area contributed by atoms with Gasteiger partial charge >= 0.3 is 0 Å². The Balaban J connectivity index is 1.78. The molecule has 7 heteroatoms. The first-order chi connectivity index (χ1) is 12.1. The van der Waals surface area contributed by atoms with Crippen LogP contribution in [0, 0.1) is 0 Å². The summed E-state index contributed by atoms with van der Waals surface area (Å²) in [6, 6.07) is 10.2. The molecule has 2 aromatic rings. The molecule has 0 saturated carbocycles. The fraction of sp³-hybridized carbons (Fsp3) is 0.500. The topological polar surface area (TPSA) is 64.4 Å². The summed E-state index contributed by atoms with van der Waals surface area (Å²) in [5.41, 5.74) is 1.18. The standard InChI is InChI=1S/C18H25N3O3S/c1-24-11-10-20-9-8-19-18(20)14-21(13-16-5-3-2-4-6-16)17-7-12-25(22,23)15-17/h2-6,8-9,17H,7,10-15H2,1H3. The van der Waals surface area contributed by atoms with Crippen LogP contribution in [-0.4, -0.2) is 54.1 Å². The van der Waals surface area contributed by atoms with Gasteiger partial charge in [-0.25, -0.2) is 13.4 Å². The third-order valence-corrected chi connectivity index (χ3v) is 6.39. The minimum absolute atomic E-state index is 0.0396. The average Bonchev–Trinajstić information content (AvgIpc) is 3.19. The Labute approximate surface area is 149 Å². The van der Waals surface area contributed by atoms with Gasteiger partial charge < -0.3 is 9.30 Å². The van der Waals surface area contributed by atoms with Gasteiger partial charge in [0.15, 0.2) is 9.84 Å². The van der Waals surface area contributed by atoms with Gasteiger partial charge in [-0.1, -0.05) is 30.3 Å². The normalized spacial score (nSPS) is 19.5. The minimum Gasteiger partial charge on any atom is -0.383 e. The second-order valence-electron chi connectivity index (χ2n) is 6.48. The molecule has 1 aromatic carbocycles. The van der Waals surface area contributed by atoms with Crippen molar-refractivity contribution in [3.63, 3.8) is 0 Å². The third-order valence-electron chi connectivity index (χ3n) is 4.64. The lowest BCUT2D eigenvalue weighted by Gasteiger charge is -2.28. The van der Waals surface area contributed by atoms with Gasteiger partial charge in [0.05, 0.1) is 24.7 Å². The van der Waals surface area contributed by atoms with E-state index in [-0.39, 0.29) is 17.5 Å². The zero-order chi connectivity index (χ0) is 17.7. The molecule has 2 heterocycles. The summed E-state index contributed by atoms with van der Waals surface area (Å²) in [5.74, 6) is 1.46. The van der Waals surface area contributed by atoms with E-state index in [0.717, 1.165) is 18.9 Å². The molecule has 0 amide bonds. The summed E-state index contributed by atoms with van der Waals surface area (Å²) in [6.07, 6.45) is 4.42. The van der Waals surface area contributed by atoms with Gasteiger partial charge in [-0.2, -0.15) is 0 Å². The Bertz CT molecular complexity index is 774. The summed E-state index contributed by atoms with van der Waals surface area (Å²) in [7, 11) is -1.24. The van der Waals surface area contributed by atoms with Gasteiger partial charge in [-0.05, 0) is 12.0 Å². The maximum Gasteiger partial charge on any atom is 0.151 e. The van der Waals surface area contributed by atoms with Crippen molar-refractivity contribution in [1.29, 1.82) is 0 Å². The van der Waals surface area contributed by atoms with Crippen LogP contribution in [0.3, 0.4) is 0 Å². The third kappa shape index (κ3) is 4.90. The predicted molar refractivity (Wildman–Crippen MR) is 96.9 cm³/mol. The second-order valence-corrected chi connectivity index (χ2v) is 8.71. The number of hydrogen-bond donors (Lipinski definition) is 0. The monoisotopic (exact) mass is 363 g/mol. The number of methoxy groups -OCH3 is 1. The van der Waals surface area contributed by atoms with Crippen molar-refractivity contribution in [3.8, 4) is 0 Å². The number of imidazole rings is 1. The first kappa shape index (κ1) is 18.1. The van der Waals surface area contributed by atoms with Crippen LogP contribution in [0.25, 0.3) is 0 Å². The van der Waals surface area contributed by atoms with Crippen molar-refractivity contribution in [2.24, 2.45) is 0 Å². The highest BCUT2D eigenvalue weighted by molar-refractivity contribution is 7.91. The highest BCUT2D eigenvalue weighted by atomic mass is 32.2. The highest BCUT2D eigenvalue weighted by Crippen LogP contribution is 2.22. The SMILES string of the molecule is COCCn1ccnc1CN(Cc1ccccc1)C1CCS(=O)(=O)C1. The van der Waals surface area contributed by atoms with E-state index in [0.29, 0.717) is 19.6 Å². The van der Waals surface area contributed by atoms with E-state index in [9.17, 15) is 8.42 Å². The van der Waals surface area contributed by atoms with Gasteiger partial charge in [-0.3, -0.25) is 4.90 Å². The molecule has 0 radical (unpaired) electrons. The Hall–Kier alpha value is -1.70. The molecule has 0 aliphatic carbocycles. The molecule has 0 N–H and O–H groups in total. The number of aromatic nitrogens is 2. The van der Waals surface area contributed by atoms with E-state index < -0.39 is 9.84 Å². The van der Waals surface area contributed by atoms with Gasteiger partial charge in [0.1, 0.15) is 5.82 Å². The maximum absolute atomic E-state index is 11.9. The number of hydrogen-bond acceptors (Lipinski definition) is 5. The zero-order valence-electron chi connectivity index (χ0n) is 14.5. The Morgan fingerprint density at radius 3 is 2.76 bits per heavy atom. The number of ether oxygens (including phenoxy) is 1. The molecular weight excluding hydrogens is 338 g/mol. The molecule has 25 heavy (non-hydrogen) atoms. The number of sulfone groups is 1. The molecule has 1 aromatic heterocycles. The van der Waals surface area contributed by atoms with E-state index in [1.165, 1.54) is 5.56 Å². The van der Waals surface area contributed by atoms with Crippen LogP contribution in [0.15, 0.2) is 42.7 Å². The summed E-state index contributed by atoms with van der Waals surface area (Å²) in [5, 5.41) is 0. The van der Waals surface area contributed by atoms with Crippen molar-refractivity contribution in [2.45, 2.75) is 32.1 Å². The maximum atomic E-state index is 11.9. The van der Waals surface area contributed by atoms with Gasteiger partial charge in [0.2, 0.25) is 0 Å². The van der Waals surface area contributed by atoms with Crippen molar-refractivity contribution < 1.29 is 13.2 Å². The van der Waals surface area contributed by atoms with Crippen molar-refractivity contribution in [2.75, 3.05) is 25.2 Å². The van der Waals surface area contributed by atoms with Crippen molar-refractivity contribution >= 4 is 9.84 Å². The molecule has 1 fully saturated rings. The fourth-order valence-corrected chi connectivity index (χ4v) is 5.02. The quantitative estimate of drug-likeness (QED) is 0.715. The van der Waals surface area contributed by atoms with Crippen LogP contribution in [0.5, 0.6) is 0 Å². The summed E-state index contributed by atoms with van der Waals surface area (Å²) in [4.78, 5) is 6.72. The van der Waals surface area contributed by atoms with Gasteiger partial charge in [-0.15, -0.1) is 0 Å². The van der Waals surface area contributed by atoms with Crippen LogP contribution in [-0.2, 0) is 34.2 Å². The number of rotatable bonds is 8. The van der Waals surface area contributed by atoms with Crippen LogP contribution >= 0.6 is 0 Å². The summed E-state index contributed by atoms with van der Waals surface area (Å²) in [6.45, 7) is 2.72.